The van der Waals surface area contributed by atoms with Gasteiger partial charge >= 0.3 is 0 Å². The Bertz CT molecular complexity index is 410. The molecule has 0 radical (unpaired) electrons. The summed E-state index contributed by atoms with van der Waals surface area (Å²) in [5, 5.41) is 9.01. The molecule has 0 aliphatic heterocycles. The maximum Gasteiger partial charge on any atom is 0.263 e. The second-order valence-corrected chi connectivity index (χ2v) is 5.17. The minimum Gasteiger partial charge on any atom is -0.481 e. The van der Waals surface area contributed by atoms with Gasteiger partial charge in [-0.1, -0.05) is 15.9 Å². The highest BCUT2D eigenvalue weighted by molar-refractivity contribution is 9.10. The van der Waals surface area contributed by atoms with E-state index in [0.717, 1.165) is 4.47 Å². The van der Waals surface area contributed by atoms with Crippen LogP contribution in [0.1, 0.15) is 6.92 Å². The molecule has 0 aliphatic rings. The van der Waals surface area contributed by atoms with E-state index in [1.807, 2.05) is 12.1 Å². The largest absolute Gasteiger partial charge is 0.481 e. The molecule has 0 spiro atoms. The number of carbonyl (C=O) groups is 1. The van der Waals surface area contributed by atoms with E-state index in [9.17, 15) is 4.79 Å². The summed E-state index contributed by atoms with van der Waals surface area (Å²) in [6, 6.07) is 7.28. The van der Waals surface area contributed by atoms with E-state index in [-0.39, 0.29) is 19.1 Å². The Labute approximate surface area is 127 Å². The zero-order chi connectivity index (χ0) is 15.0. The van der Waals surface area contributed by atoms with E-state index in [0.29, 0.717) is 18.9 Å². The van der Waals surface area contributed by atoms with Gasteiger partial charge in [0.15, 0.2) is 6.10 Å². The summed E-state index contributed by atoms with van der Waals surface area (Å²) in [6.07, 6.45) is -0.611. The molecule has 0 saturated heterocycles. The number of methoxy groups -OCH3 is 1. The van der Waals surface area contributed by atoms with Gasteiger partial charge in [0.2, 0.25) is 0 Å². The van der Waals surface area contributed by atoms with Gasteiger partial charge in [-0.2, -0.15) is 0 Å². The first-order valence-corrected chi connectivity index (χ1v) is 7.18. The molecule has 1 unspecified atom stereocenters. The third kappa shape index (κ3) is 5.48. The van der Waals surface area contributed by atoms with Gasteiger partial charge in [0.25, 0.3) is 5.91 Å². The van der Waals surface area contributed by atoms with Crippen molar-refractivity contribution in [1.82, 2.24) is 4.90 Å². The number of rotatable bonds is 8. The van der Waals surface area contributed by atoms with Crippen LogP contribution in [0.4, 0.5) is 0 Å². The van der Waals surface area contributed by atoms with Crippen molar-refractivity contribution in [1.29, 1.82) is 0 Å². The Morgan fingerprint density at radius 1 is 1.35 bits per heavy atom. The van der Waals surface area contributed by atoms with Crippen LogP contribution in [0.2, 0.25) is 0 Å². The molecule has 0 aromatic heterocycles. The van der Waals surface area contributed by atoms with Crippen molar-refractivity contribution in [2.75, 3.05) is 33.4 Å². The zero-order valence-corrected chi connectivity index (χ0v) is 13.3. The van der Waals surface area contributed by atoms with Crippen LogP contribution in [0.15, 0.2) is 28.7 Å². The maximum atomic E-state index is 12.2. The molecule has 6 heteroatoms. The van der Waals surface area contributed by atoms with Crippen LogP contribution in [0, 0.1) is 0 Å². The van der Waals surface area contributed by atoms with Crippen molar-refractivity contribution < 1.29 is 19.4 Å². The SMILES string of the molecule is COCCN(CCO)C(=O)C(C)Oc1ccc(Br)cc1. The number of amides is 1. The van der Waals surface area contributed by atoms with Gasteiger partial charge in [-0.25, -0.2) is 0 Å². The van der Waals surface area contributed by atoms with E-state index >= 15 is 0 Å². The van der Waals surface area contributed by atoms with E-state index in [2.05, 4.69) is 15.9 Å². The molecule has 0 saturated carbocycles. The highest BCUT2D eigenvalue weighted by Gasteiger charge is 2.21. The second-order valence-electron chi connectivity index (χ2n) is 4.26. The van der Waals surface area contributed by atoms with Crippen molar-refractivity contribution in [2.45, 2.75) is 13.0 Å². The number of aliphatic hydroxyl groups is 1. The van der Waals surface area contributed by atoms with Crippen LogP contribution < -0.4 is 4.74 Å². The van der Waals surface area contributed by atoms with Crippen molar-refractivity contribution in [3.63, 3.8) is 0 Å². The lowest BCUT2D eigenvalue weighted by molar-refractivity contribution is -0.139. The lowest BCUT2D eigenvalue weighted by Gasteiger charge is -2.25. The molecule has 0 aliphatic carbocycles. The maximum absolute atomic E-state index is 12.2. The molecule has 0 bridgehead atoms. The fraction of sp³-hybridized carbons (Fsp3) is 0.500. The van der Waals surface area contributed by atoms with E-state index in [1.54, 1.807) is 26.2 Å². The Morgan fingerprint density at radius 3 is 2.55 bits per heavy atom. The number of nitrogens with zero attached hydrogens (tertiary/aromatic N) is 1. The minimum absolute atomic E-state index is 0.0829. The molecule has 0 heterocycles. The molecule has 0 fully saturated rings. The second kappa shape index (κ2) is 8.94. The summed E-state index contributed by atoms with van der Waals surface area (Å²) in [7, 11) is 1.57. The zero-order valence-electron chi connectivity index (χ0n) is 11.7. The number of hydrogen-bond donors (Lipinski definition) is 1. The van der Waals surface area contributed by atoms with Crippen LogP contribution >= 0.6 is 15.9 Å². The molecular formula is C14H20BrNO4. The predicted molar refractivity (Wildman–Crippen MR) is 79.8 cm³/mol. The number of hydrogen-bond acceptors (Lipinski definition) is 4. The molecule has 1 aromatic carbocycles. The van der Waals surface area contributed by atoms with E-state index < -0.39 is 6.10 Å². The van der Waals surface area contributed by atoms with Crippen LogP contribution in [0.5, 0.6) is 5.75 Å². The monoisotopic (exact) mass is 345 g/mol. The average molecular weight is 346 g/mol. The molecule has 1 rings (SSSR count). The topological polar surface area (TPSA) is 59.0 Å². The molecule has 1 N–H and O–H groups in total. The first-order chi connectivity index (χ1) is 9.58. The Kier molecular flexibility index (Phi) is 7.58. The van der Waals surface area contributed by atoms with Crippen LogP contribution in [0.25, 0.3) is 0 Å². The molecule has 1 atom stereocenters. The van der Waals surface area contributed by atoms with Crippen LogP contribution in [0.3, 0.4) is 0 Å². The number of aliphatic hydroxyl groups excluding tert-OH is 1. The molecule has 112 valence electrons. The lowest BCUT2D eigenvalue weighted by Crippen LogP contribution is -2.43. The van der Waals surface area contributed by atoms with Crippen molar-refractivity contribution in [2.24, 2.45) is 0 Å². The van der Waals surface area contributed by atoms with Crippen molar-refractivity contribution >= 4 is 21.8 Å². The van der Waals surface area contributed by atoms with Crippen LogP contribution in [-0.4, -0.2) is 55.4 Å². The number of benzene rings is 1. The molecule has 1 amide bonds. The average Bonchev–Trinajstić information content (AvgIpc) is 2.45. The van der Waals surface area contributed by atoms with Gasteiger partial charge < -0.3 is 19.5 Å². The van der Waals surface area contributed by atoms with Gasteiger partial charge in [0.1, 0.15) is 5.75 Å². The number of ether oxygens (including phenoxy) is 2. The predicted octanol–water partition coefficient (Wildman–Crippen LogP) is 1.68. The van der Waals surface area contributed by atoms with Gasteiger partial charge in [-0.05, 0) is 31.2 Å². The van der Waals surface area contributed by atoms with Gasteiger partial charge in [-0.15, -0.1) is 0 Å². The Balaban J connectivity index is 2.60. The summed E-state index contributed by atoms with van der Waals surface area (Å²) < 4.78 is 11.5. The highest BCUT2D eigenvalue weighted by Crippen LogP contribution is 2.17. The first-order valence-electron chi connectivity index (χ1n) is 6.39. The number of carbonyl (C=O) groups excluding carboxylic acids is 1. The Morgan fingerprint density at radius 2 is 2.00 bits per heavy atom. The summed E-state index contributed by atoms with van der Waals surface area (Å²) >= 11 is 3.34. The lowest BCUT2D eigenvalue weighted by atomic mass is 10.3. The van der Waals surface area contributed by atoms with Crippen molar-refractivity contribution in [3.05, 3.63) is 28.7 Å². The summed E-state index contributed by atoms with van der Waals surface area (Å²) in [5.41, 5.74) is 0. The van der Waals surface area contributed by atoms with E-state index in [4.69, 9.17) is 14.6 Å². The van der Waals surface area contributed by atoms with Gasteiger partial charge in [-0.3, -0.25) is 4.79 Å². The summed E-state index contributed by atoms with van der Waals surface area (Å²) in [5.74, 6) is 0.462. The van der Waals surface area contributed by atoms with E-state index in [1.165, 1.54) is 4.90 Å². The minimum atomic E-state index is -0.611. The highest BCUT2D eigenvalue weighted by atomic mass is 79.9. The molecule has 5 nitrogen and oxygen atoms in total. The quantitative estimate of drug-likeness (QED) is 0.778. The van der Waals surface area contributed by atoms with Crippen molar-refractivity contribution in [3.8, 4) is 5.75 Å². The molecule has 20 heavy (non-hydrogen) atoms. The normalized spacial score (nSPS) is 12.0. The van der Waals surface area contributed by atoms with Gasteiger partial charge in [0, 0.05) is 24.7 Å². The molecular weight excluding hydrogens is 326 g/mol. The van der Waals surface area contributed by atoms with Gasteiger partial charge in [0.05, 0.1) is 13.2 Å². The third-order valence-corrected chi connectivity index (χ3v) is 3.25. The summed E-state index contributed by atoms with van der Waals surface area (Å²) in [4.78, 5) is 13.8. The fourth-order valence-corrected chi connectivity index (χ4v) is 1.94. The number of halogens is 1. The molecule has 1 aromatic rings. The third-order valence-electron chi connectivity index (χ3n) is 2.72. The van der Waals surface area contributed by atoms with Crippen LogP contribution in [-0.2, 0) is 9.53 Å². The Hall–Kier alpha value is -1.11. The first kappa shape index (κ1) is 16.9. The standard InChI is InChI=1S/C14H20BrNO4/c1-11(20-13-5-3-12(15)4-6-13)14(18)16(7-9-17)8-10-19-2/h3-6,11,17H,7-10H2,1-2H3. The smallest absolute Gasteiger partial charge is 0.263 e. The fourth-order valence-electron chi connectivity index (χ4n) is 1.68. The summed E-state index contributed by atoms with van der Waals surface area (Å²) in [6.45, 7) is 2.75.